The van der Waals surface area contributed by atoms with E-state index in [1.165, 1.54) is 7.11 Å². The van der Waals surface area contributed by atoms with Crippen molar-refractivity contribution in [2.45, 2.75) is 26.3 Å². The molecule has 0 fully saturated rings. The summed E-state index contributed by atoms with van der Waals surface area (Å²) in [6.45, 7) is 4.03. The summed E-state index contributed by atoms with van der Waals surface area (Å²) in [7, 11) is 1.35. The molecule has 0 aromatic rings. The van der Waals surface area contributed by atoms with Crippen molar-refractivity contribution in [3.63, 3.8) is 0 Å². The number of carbonyl (C=O) groups excluding carboxylic acids is 1. The molecule has 76 valence electrons. The summed E-state index contributed by atoms with van der Waals surface area (Å²) in [5, 5.41) is 0. The second-order valence-corrected chi connectivity index (χ2v) is 2.76. The average molecular weight is 218 g/mol. The molecule has 0 unspecified atom stereocenters. The van der Waals surface area contributed by atoms with Gasteiger partial charge in [-0.25, -0.2) is 0 Å². The molecule has 3 nitrogen and oxygen atoms in total. The van der Waals surface area contributed by atoms with Crippen LogP contribution in [0.1, 0.15) is 20.3 Å². The lowest BCUT2D eigenvalue weighted by Crippen LogP contribution is -2.32. The van der Waals surface area contributed by atoms with E-state index in [-0.39, 0.29) is 30.8 Å². The van der Waals surface area contributed by atoms with Crippen LogP contribution >= 0.6 is 24.8 Å². The monoisotopic (exact) mass is 217 g/mol. The first kappa shape index (κ1) is 17.9. The Balaban J connectivity index is -0.000000405. The van der Waals surface area contributed by atoms with Crippen LogP contribution in [0.25, 0.3) is 0 Å². The average Bonchev–Trinajstić information content (AvgIpc) is 1.85. The van der Waals surface area contributed by atoms with Crippen LogP contribution in [0, 0.1) is 5.92 Å². The van der Waals surface area contributed by atoms with Gasteiger partial charge in [-0.15, -0.1) is 24.8 Å². The van der Waals surface area contributed by atoms with Gasteiger partial charge in [-0.2, -0.15) is 0 Å². The quantitative estimate of drug-likeness (QED) is 0.728. The van der Waals surface area contributed by atoms with Gasteiger partial charge in [-0.05, 0) is 12.3 Å². The van der Waals surface area contributed by atoms with Gasteiger partial charge in [-0.1, -0.05) is 13.8 Å². The Morgan fingerprint density at radius 3 is 2.08 bits per heavy atom. The normalized spacial score (nSPS) is 11.1. The summed E-state index contributed by atoms with van der Waals surface area (Å²) < 4.78 is 4.45. The molecule has 0 radical (unpaired) electrons. The first-order valence-corrected chi connectivity index (χ1v) is 3.41. The van der Waals surface area contributed by atoms with Crippen molar-refractivity contribution in [2.75, 3.05) is 7.11 Å². The molecule has 0 saturated heterocycles. The number of nitrogens with two attached hydrogens (primary N) is 1. The number of carbonyl (C=O) groups is 1. The first-order valence-electron chi connectivity index (χ1n) is 3.41. The molecule has 0 aliphatic carbocycles. The number of ether oxygens (including phenoxy) is 1. The molecule has 1 atom stereocenters. The van der Waals surface area contributed by atoms with Crippen molar-refractivity contribution >= 4 is 30.8 Å². The highest BCUT2D eigenvalue weighted by molar-refractivity contribution is 5.85. The van der Waals surface area contributed by atoms with Gasteiger partial charge in [0.15, 0.2) is 0 Å². The third kappa shape index (κ3) is 8.11. The third-order valence-corrected chi connectivity index (χ3v) is 1.23. The van der Waals surface area contributed by atoms with Gasteiger partial charge >= 0.3 is 5.97 Å². The van der Waals surface area contributed by atoms with Gasteiger partial charge in [0.1, 0.15) is 6.04 Å². The molecule has 5 heteroatoms. The fourth-order valence-electron chi connectivity index (χ4n) is 0.755. The Bertz CT molecular complexity index is 120. The maximum atomic E-state index is 10.7. The van der Waals surface area contributed by atoms with Crippen LogP contribution in [-0.4, -0.2) is 19.1 Å². The van der Waals surface area contributed by atoms with Crippen LogP contribution in [0.15, 0.2) is 0 Å². The smallest absolute Gasteiger partial charge is 0.322 e. The van der Waals surface area contributed by atoms with Gasteiger partial charge in [0.05, 0.1) is 7.11 Å². The zero-order valence-corrected chi connectivity index (χ0v) is 9.21. The maximum Gasteiger partial charge on any atom is 0.322 e. The van der Waals surface area contributed by atoms with Gasteiger partial charge in [-0.3, -0.25) is 4.79 Å². The van der Waals surface area contributed by atoms with E-state index in [1.807, 2.05) is 13.8 Å². The zero-order valence-electron chi connectivity index (χ0n) is 7.57. The fraction of sp³-hybridized carbons (Fsp3) is 0.857. The molecule has 0 rings (SSSR count). The Labute approximate surface area is 85.9 Å². The van der Waals surface area contributed by atoms with Gasteiger partial charge in [0, 0.05) is 0 Å². The zero-order chi connectivity index (χ0) is 8.15. The molecule has 0 aliphatic heterocycles. The van der Waals surface area contributed by atoms with E-state index >= 15 is 0 Å². The number of hydrogen-bond acceptors (Lipinski definition) is 3. The lowest BCUT2D eigenvalue weighted by molar-refractivity contribution is -0.142. The molecular formula is C7H17Cl2NO2. The fourth-order valence-corrected chi connectivity index (χ4v) is 0.755. The molecule has 0 saturated carbocycles. The molecule has 0 amide bonds. The highest BCUT2D eigenvalue weighted by atomic mass is 35.5. The minimum atomic E-state index is -0.454. The Morgan fingerprint density at radius 1 is 1.42 bits per heavy atom. The van der Waals surface area contributed by atoms with E-state index < -0.39 is 6.04 Å². The minimum absolute atomic E-state index is 0. The SMILES string of the molecule is COC(=O)[C@@H](N)CC(C)C.Cl.Cl. The number of esters is 1. The topological polar surface area (TPSA) is 52.3 Å². The Morgan fingerprint density at radius 2 is 1.83 bits per heavy atom. The lowest BCUT2D eigenvalue weighted by atomic mass is 10.1. The summed E-state index contributed by atoms with van der Waals surface area (Å²) in [6.07, 6.45) is 0.687. The van der Waals surface area contributed by atoms with E-state index in [1.54, 1.807) is 0 Å². The number of methoxy groups -OCH3 is 1. The van der Waals surface area contributed by atoms with Crippen LogP contribution in [0.3, 0.4) is 0 Å². The van der Waals surface area contributed by atoms with Crippen LogP contribution in [0.4, 0.5) is 0 Å². The van der Waals surface area contributed by atoms with Crippen LogP contribution in [-0.2, 0) is 9.53 Å². The Kier molecular flexibility index (Phi) is 13.6. The van der Waals surface area contributed by atoms with Crippen molar-refractivity contribution in [3.05, 3.63) is 0 Å². The van der Waals surface area contributed by atoms with E-state index in [0.29, 0.717) is 12.3 Å². The summed E-state index contributed by atoms with van der Waals surface area (Å²) >= 11 is 0. The summed E-state index contributed by atoms with van der Waals surface area (Å²) in [4.78, 5) is 10.7. The second-order valence-electron chi connectivity index (χ2n) is 2.76. The Hall–Kier alpha value is 0.01000. The third-order valence-electron chi connectivity index (χ3n) is 1.23. The van der Waals surface area contributed by atoms with Gasteiger partial charge in [0.2, 0.25) is 0 Å². The minimum Gasteiger partial charge on any atom is -0.468 e. The lowest BCUT2D eigenvalue weighted by Gasteiger charge is -2.10. The molecular weight excluding hydrogens is 201 g/mol. The molecule has 0 heterocycles. The molecule has 0 spiro atoms. The number of hydrogen-bond donors (Lipinski definition) is 1. The molecule has 0 aliphatic rings. The van der Waals surface area contributed by atoms with Crippen molar-refractivity contribution in [1.29, 1.82) is 0 Å². The second kappa shape index (κ2) is 9.10. The predicted octanol–water partition coefficient (Wildman–Crippen LogP) is 1.38. The highest BCUT2D eigenvalue weighted by Gasteiger charge is 2.14. The van der Waals surface area contributed by atoms with Crippen molar-refractivity contribution in [1.82, 2.24) is 0 Å². The highest BCUT2D eigenvalue weighted by Crippen LogP contribution is 2.02. The van der Waals surface area contributed by atoms with E-state index in [4.69, 9.17) is 5.73 Å². The summed E-state index contributed by atoms with van der Waals surface area (Å²) in [5.74, 6) is 0.114. The molecule has 12 heavy (non-hydrogen) atoms. The van der Waals surface area contributed by atoms with Crippen LogP contribution in [0.2, 0.25) is 0 Å². The molecule has 0 aromatic carbocycles. The van der Waals surface area contributed by atoms with Crippen LogP contribution in [0.5, 0.6) is 0 Å². The molecule has 2 N–H and O–H groups in total. The standard InChI is InChI=1S/C7H15NO2.2ClH/c1-5(2)4-6(8)7(9)10-3;;/h5-6H,4,8H2,1-3H3;2*1H/t6-;;/m0../s1. The van der Waals surface area contributed by atoms with Crippen LogP contribution < -0.4 is 5.73 Å². The van der Waals surface area contributed by atoms with E-state index in [2.05, 4.69) is 4.74 Å². The largest absolute Gasteiger partial charge is 0.468 e. The molecule has 0 aromatic heterocycles. The summed E-state index contributed by atoms with van der Waals surface area (Å²) in [6, 6.07) is -0.454. The van der Waals surface area contributed by atoms with Gasteiger partial charge in [0.25, 0.3) is 0 Å². The van der Waals surface area contributed by atoms with Crippen molar-refractivity contribution in [2.24, 2.45) is 11.7 Å². The van der Waals surface area contributed by atoms with Crippen molar-refractivity contribution < 1.29 is 9.53 Å². The first-order chi connectivity index (χ1) is 4.57. The molecule has 0 bridgehead atoms. The number of rotatable bonds is 3. The van der Waals surface area contributed by atoms with Gasteiger partial charge < -0.3 is 10.5 Å². The predicted molar refractivity (Wildman–Crippen MR) is 53.9 cm³/mol. The summed E-state index contributed by atoms with van der Waals surface area (Å²) in [5.41, 5.74) is 5.45. The van der Waals surface area contributed by atoms with Crippen molar-refractivity contribution in [3.8, 4) is 0 Å². The number of halogens is 2. The maximum absolute atomic E-state index is 10.7. The van der Waals surface area contributed by atoms with E-state index in [0.717, 1.165) is 0 Å². The van der Waals surface area contributed by atoms with E-state index in [9.17, 15) is 4.79 Å².